The van der Waals surface area contributed by atoms with Crippen LogP contribution in [0, 0.1) is 6.92 Å². The number of thiazole rings is 1. The summed E-state index contributed by atoms with van der Waals surface area (Å²) in [5, 5.41) is 7.20. The lowest BCUT2D eigenvalue weighted by Crippen LogP contribution is -2.26. The molecule has 0 bridgehead atoms. The van der Waals surface area contributed by atoms with E-state index in [0.29, 0.717) is 28.4 Å². The van der Waals surface area contributed by atoms with E-state index in [2.05, 4.69) is 10.6 Å². The van der Waals surface area contributed by atoms with E-state index < -0.39 is 0 Å². The molecule has 2 aromatic carbocycles. The van der Waals surface area contributed by atoms with Gasteiger partial charge in [-0.3, -0.25) is 19.0 Å². The van der Waals surface area contributed by atoms with Crippen LogP contribution in [0.2, 0.25) is 0 Å². The second-order valence-electron chi connectivity index (χ2n) is 6.01. The van der Waals surface area contributed by atoms with Gasteiger partial charge in [0.05, 0.1) is 18.4 Å². The van der Waals surface area contributed by atoms with Crippen molar-refractivity contribution < 1.29 is 14.3 Å². The Bertz CT molecular complexity index is 1070. The molecule has 1 aromatic heterocycles. The number of amides is 2. The first-order valence-corrected chi connectivity index (χ1v) is 9.35. The first-order chi connectivity index (χ1) is 13.5. The van der Waals surface area contributed by atoms with Crippen molar-refractivity contribution in [3.05, 3.63) is 74.8 Å². The zero-order valence-electron chi connectivity index (χ0n) is 15.4. The molecule has 3 rings (SSSR count). The van der Waals surface area contributed by atoms with Crippen molar-refractivity contribution in [3.63, 3.8) is 0 Å². The molecule has 0 spiro atoms. The molecule has 0 unspecified atom stereocenters. The van der Waals surface area contributed by atoms with Gasteiger partial charge in [-0.1, -0.05) is 29.5 Å². The Kier molecular flexibility index (Phi) is 5.90. The van der Waals surface area contributed by atoms with Crippen LogP contribution in [0.1, 0.15) is 16.1 Å². The van der Waals surface area contributed by atoms with Gasteiger partial charge in [-0.05, 0) is 31.2 Å². The number of methoxy groups -OCH3 is 1. The summed E-state index contributed by atoms with van der Waals surface area (Å²) in [5.41, 5.74) is 1.97. The molecule has 3 aromatic rings. The highest BCUT2D eigenvalue weighted by Crippen LogP contribution is 2.20. The lowest BCUT2D eigenvalue weighted by Gasteiger charge is -2.12. The molecule has 0 aliphatic carbocycles. The van der Waals surface area contributed by atoms with Crippen LogP contribution in [0.25, 0.3) is 0 Å². The maximum atomic E-state index is 12.7. The van der Waals surface area contributed by atoms with Crippen LogP contribution in [-0.4, -0.2) is 23.5 Å². The van der Waals surface area contributed by atoms with Crippen LogP contribution in [0.3, 0.4) is 0 Å². The summed E-state index contributed by atoms with van der Waals surface area (Å²) in [5.74, 6) is -0.130. The third-order valence-corrected chi connectivity index (χ3v) is 4.93. The van der Waals surface area contributed by atoms with Gasteiger partial charge in [0, 0.05) is 22.8 Å². The molecule has 0 aliphatic rings. The number of rotatable bonds is 6. The number of aryl methyl sites for hydroxylation is 1. The van der Waals surface area contributed by atoms with Crippen LogP contribution in [-0.2, 0) is 11.3 Å². The number of hydrogen-bond donors (Lipinski definition) is 2. The number of ether oxygens (including phenoxy) is 1. The summed E-state index contributed by atoms with van der Waals surface area (Å²) in [6, 6.07) is 13.7. The molecule has 0 atom stereocenters. The summed E-state index contributed by atoms with van der Waals surface area (Å²) in [6.45, 7) is 1.65. The highest BCUT2D eigenvalue weighted by atomic mass is 32.1. The van der Waals surface area contributed by atoms with Crippen LogP contribution >= 0.6 is 11.3 Å². The van der Waals surface area contributed by atoms with E-state index in [-0.39, 0.29) is 23.2 Å². The average molecular weight is 397 g/mol. The van der Waals surface area contributed by atoms with Gasteiger partial charge in [-0.25, -0.2) is 0 Å². The number of carbonyl (C=O) groups is 2. The maximum Gasteiger partial charge on any atom is 0.307 e. The Balaban J connectivity index is 1.76. The average Bonchev–Trinajstić information content (AvgIpc) is 3.00. The minimum atomic E-state index is -0.384. The van der Waals surface area contributed by atoms with E-state index in [1.165, 1.54) is 4.57 Å². The summed E-state index contributed by atoms with van der Waals surface area (Å²) in [4.78, 5) is 36.7. The Morgan fingerprint density at radius 3 is 2.61 bits per heavy atom. The maximum absolute atomic E-state index is 12.7. The summed E-state index contributed by atoms with van der Waals surface area (Å²) >= 11 is 1.04. The van der Waals surface area contributed by atoms with Crippen LogP contribution in [0.4, 0.5) is 11.4 Å². The fourth-order valence-corrected chi connectivity index (χ4v) is 3.35. The Hall–Kier alpha value is -3.39. The van der Waals surface area contributed by atoms with Crippen LogP contribution in [0.15, 0.2) is 58.7 Å². The summed E-state index contributed by atoms with van der Waals surface area (Å²) in [7, 11) is 1.55. The van der Waals surface area contributed by atoms with Crippen molar-refractivity contribution in [2.45, 2.75) is 13.5 Å². The first-order valence-electron chi connectivity index (χ1n) is 8.47. The molecular weight excluding hydrogens is 378 g/mol. The minimum Gasteiger partial charge on any atom is -0.497 e. The molecule has 2 amide bonds. The van der Waals surface area contributed by atoms with Gasteiger partial charge in [-0.15, -0.1) is 0 Å². The van der Waals surface area contributed by atoms with Gasteiger partial charge in [0.2, 0.25) is 5.91 Å². The van der Waals surface area contributed by atoms with Gasteiger partial charge < -0.3 is 15.4 Å². The Morgan fingerprint density at radius 2 is 1.89 bits per heavy atom. The highest BCUT2D eigenvalue weighted by molar-refractivity contribution is 7.07. The number of benzene rings is 2. The number of carbonyl (C=O) groups excluding carboxylic acids is 2. The highest BCUT2D eigenvalue weighted by Gasteiger charge is 2.15. The third-order valence-electron chi connectivity index (χ3n) is 4.05. The van der Waals surface area contributed by atoms with Gasteiger partial charge >= 0.3 is 4.87 Å². The second kappa shape index (κ2) is 8.53. The lowest BCUT2D eigenvalue weighted by atomic mass is 10.1. The molecule has 1 heterocycles. The molecule has 7 nitrogen and oxygen atoms in total. The molecule has 0 saturated heterocycles. The molecule has 144 valence electrons. The molecule has 0 radical (unpaired) electrons. The van der Waals surface area contributed by atoms with Crippen molar-refractivity contribution in [1.82, 2.24) is 4.57 Å². The van der Waals surface area contributed by atoms with Crippen molar-refractivity contribution in [2.24, 2.45) is 0 Å². The number of nitrogens with one attached hydrogen (secondary N) is 2. The fraction of sp³-hybridized carbons (Fsp3) is 0.150. The number of para-hydroxylation sites is 1. The smallest absolute Gasteiger partial charge is 0.307 e. The van der Waals surface area contributed by atoms with Crippen molar-refractivity contribution in [2.75, 3.05) is 17.7 Å². The molecule has 0 fully saturated rings. The first kappa shape index (κ1) is 19.4. The van der Waals surface area contributed by atoms with Gasteiger partial charge in [0.25, 0.3) is 5.91 Å². The van der Waals surface area contributed by atoms with Crippen molar-refractivity contribution >= 4 is 34.5 Å². The predicted octanol–water partition coefficient (Wildman–Crippen LogP) is 3.12. The Morgan fingerprint density at radius 1 is 1.11 bits per heavy atom. The predicted molar refractivity (Wildman–Crippen MR) is 109 cm³/mol. The molecular formula is C20H19N3O4S. The summed E-state index contributed by atoms with van der Waals surface area (Å²) in [6.07, 6.45) is 0. The SMILES string of the molecule is COc1cccc(NC(=O)c2ccccc2NC(=O)Cn2c(C)csc2=O)c1. The van der Waals surface area contributed by atoms with Gasteiger partial charge in [-0.2, -0.15) is 0 Å². The van der Waals surface area contributed by atoms with Crippen LogP contribution < -0.4 is 20.2 Å². The monoisotopic (exact) mass is 397 g/mol. The minimum absolute atomic E-state index is 0.111. The molecule has 0 aliphatic heterocycles. The number of hydrogen-bond acceptors (Lipinski definition) is 5. The van der Waals surface area contributed by atoms with Gasteiger partial charge in [0.15, 0.2) is 0 Å². The van der Waals surface area contributed by atoms with Crippen molar-refractivity contribution in [3.8, 4) is 5.75 Å². The standard InChI is InChI=1S/C20H19N3O4S/c1-13-12-28-20(26)23(13)11-18(24)22-17-9-4-3-8-16(17)19(25)21-14-6-5-7-15(10-14)27-2/h3-10,12H,11H2,1-2H3,(H,21,25)(H,22,24). The van der Waals surface area contributed by atoms with E-state index >= 15 is 0 Å². The molecule has 28 heavy (non-hydrogen) atoms. The topological polar surface area (TPSA) is 89.4 Å². The summed E-state index contributed by atoms with van der Waals surface area (Å²) < 4.78 is 6.54. The Labute approximate surface area is 165 Å². The zero-order valence-corrected chi connectivity index (χ0v) is 16.2. The molecule has 0 saturated carbocycles. The number of aromatic nitrogens is 1. The number of anilines is 2. The van der Waals surface area contributed by atoms with E-state index in [0.717, 1.165) is 11.3 Å². The molecule has 8 heteroatoms. The van der Waals surface area contributed by atoms with E-state index in [1.807, 2.05) is 0 Å². The van der Waals surface area contributed by atoms with E-state index in [1.54, 1.807) is 67.9 Å². The largest absolute Gasteiger partial charge is 0.497 e. The quantitative estimate of drug-likeness (QED) is 0.669. The lowest BCUT2D eigenvalue weighted by molar-refractivity contribution is -0.116. The van der Waals surface area contributed by atoms with Crippen LogP contribution in [0.5, 0.6) is 5.75 Å². The zero-order chi connectivity index (χ0) is 20.1. The van der Waals surface area contributed by atoms with Crippen molar-refractivity contribution in [1.29, 1.82) is 0 Å². The van der Waals surface area contributed by atoms with E-state index in [9.17, 15) is 14.4 Å². The van der Waals surface area contributed by atoms with E-state index in [4.69, 9.17) is 4.74 Å². The molecule has 2 N–H and O–H groups in total. The number of nitrogens with zero attached hydrogens (tertiary/aromatic N) is 1. The second-order valence-corrected chi connectivity index (χ2v) is 6.83. The van der Waals surface area contributed by atoms with Gasteiger partial charge in [0.1, 0.15) is 12.3 Å². The third kappa shape index (κ3) is 4.47. The fourth-order valence-electron chi connectivity index (χ4n) is 2.62. The normalized spacial score (nSPS) is 10.4.